The lowest BCUT2D eigenvalue weighted by molar-refractivity contribution is -0.136. The van der Waals surface area contributed by atoms with Crippen LogP contribution in [-0.4, -0.2) is 36.9 Å². The zero-order chi connectivity index (χ0) is 15.5. The summed E-state index contributed by atoms with van der Waals surface area (Å²) < 4.78 is 0. The minimum atomic E-state index is -0.480. The minimum Gasteiger partial charge on any atom is -0.347 e. The van der Waals surface area contributed by atoms with Gasteiger partial charge in [0.05, 0.1) is 5.41 Å². The third-order valence-electron chi connectivity index (χ3n) is 4.29. The summed E-state index contributed by atoms with van der Waals surface area (Å²) in [6.45, 7) is 1.76. The van der Waals surface area contributed by atoms with E-state index in [-0.39, 0.29) is 11.8 Å². The van der Waals surface area contributed by atoms with Crippen LogP contribution < -0.4 is 5.32 Å². The van der Waals surface area contributed by atoms with Gasteiger partial charge < -0.3 is 10.2 Å². The number of carbonyl (C=O) groups is 2. The number of hydrogen-bond acceptors (Lipinski definition) is 3. The van der Waals surface area contributed by atoms with Crippen molar-refractivity contribution in [3.05, 3.63) is 22.4 Å². The van der Waals surface area contributed by atoms with Crippen molar-refractivity contribution < 1.29 is 9.59 Å². The molecule has 1 fully saturated rings. The van der Waals surface area contributed by atoms with Gasteiger partial charge in [0, 0.05) is 19.0 Å². The molecule has 1 aliphatic rings. The first kappa shape index (κ1) is 16.0. The maximum atomic E-state index is 12.9. The Labute approximate surface area is 130 Å². The highest BCUT2D eigenvalue weighted by Gasteiger charge is 2.42. The molecule has 0 aliphatic heterocycles. The van der Waals surface area contributed by atoms with E-state index in [1.807, 2.05) is 17.5 Å². The number of amides is 2. The second-order valence-corrected chi connectivity index (χ2v) is 7.00. The third-order valence-corrected chi connectivity index (χ3v) is 5.37. The molecule has 0 bridgehead atoms. The summed E-state index contributed by atoms with van der Waals surface area (Å²) in [5, 5.41) is 4.96. The fourth-order valence-corrected chi connectivity index (χ4v) is 4.06. The average molecular weight is 308 g/mol. The Morgan fingerprint density at radius 3 is 2.48 bits per heavy atom. The molecule has 0 unspecified atom stereocenters. The molecular formula is C16H24N2O2S. The highest BCUT2D eigenvalue weighted by atomic mass is 32.1. The molecule has 1 atom stereocenters. The first-order valence-corrected chi connectivity index (χ1v) is 8.41. The summed E-state index contributed by atoms with van der Waals surface area (Å²) in [6, 6.07) is 3.57. The van der Waals surface area contributed by atoms with Crippen LogP contribution in [0.2, 0.25) is 0 Å². The van der Waals surface area contributed by atoms with Gasteiger partial charge in [-0.2, -0.15) is 0 Å². The van der Waals surface area contributed by atoms with Crippen LogP contribution in [0.3, 0.4) is 0 Å². The smallest absolute Gasteiger partial charge is 0.244 e. The Morgan fingerprint density at radius 2 is 1.95 bits per heavy atom. The molecule has 5 heteroatoms. The van der Waals surface area contributed by atoms with E-state index in [9.17, 15) is 9.59 Å². The van der Waals surface area contributed by atoms with Crippen LogP contribution in [0.25, 0.3) is 0 Å². The summed E-state index contributed by atoms with van der Waals surface area (Å²) in [5.41, 5.74) is -0.437. The van der Waals surface area contributed by atoms with Crippen molar-refractivity contribution in [1.29, 1.82) is 0 Å². The Morgan fingerprint density at radius 1 is 1.29 bits per heavy atom. The van der Waals surface area contributed by atoms with E-state index in [0.29, 0.717) is 0 Å². The monoisotopic (exact) mass is 308 g/mol. The van der Waals surface area contributed by atoms with E-state index in [2.05, 4.69) is 5.32 Å². The molecule has 2 amide bonds. The Hall–Kier alpha value is -1.36. The van der Waals surface area contributed by atoms with Gasteiger partial charge in [-0.3, -0.25) is 9.59 Å². The second-order valence-electron chi connectivity index (χ2n) is 6.05. The van der Waals surface area contributed by atoms with E-state index in [4.69, 9.17) is 0 Å². The number of rotatable bonds is 4. The number of thiophene rings is 1. The number of likely N-dealkylation sites (N-methyl/N-ethyl adjacent to an activating group) is 1. The van der Waals surface area contributed by atoms with Crippen molar-refractivity contribution in [1.82, 2.24) is 10.2 Å². The predicted octanol–water partition coefficient (Wildman–Crippen LogP) is 2.54. The van der Waals surface area contributed by atoms with E-state index >= 15 is 0 Å². The molecule has 4 nitrogen and oxygen atoms in total. The van der Waals surface area contributed by atoms with Crippen molar-refractivity contribution in [2.24, 2.45) is 0 Å². The number of nitrogens with zero attached hydrogens (tertiary/aromatic N) is 1. The lowest BCUT2D eigenvalue weighted by Crippen LogP contribution is -2.52. The molecule has 1 aromatic heterocycles. The minimum absolute atomic E-state index is 0.00681. The molecule has 0 aromatic carbocycles. The number of nitrogens with one attached hydrogen (secondary N) is 1. The fourth-order valence-electron chi connectivity index (χ4n) is 3.08. The molecule has 0 saturated heterocycles. The van der Waals surface area contributed by atoms with Crippen molar-refractivity contribution in [2.45, 2.75) is 50.5 Å². The van der Waals surface area contributed by atoms with E-state index in [0.717, 1.165) is 30.6 Å². The van der Waals surface area contributed by atoms with E-state index in [1.165, 1.54) is 11.3 Å². The van der Waals surface area contributed by atoms with Gasteiger partial charge in [0.1, 0.15) is 6.04 Å². The highest BCUT2D eigenvalue weighted by molar-refractivity contribution is 7.10. The molecule has 2 rings (SSSR count). The van der Waals surface area contributed by atoms with Gasteiger partial charge in [-0.05, 0) is 31.2 Å². The van der Waals surface area contributed by atoms with Gasteiger partial charge in [0.15, 0.2) is 0 Å². The number of hydrogen-bond donors (Lipinski definition) is 1. The first-order chi connectivity index (χ1) is 9.97. The SMILES string of the molecule is C[C@H](NC(=O)C1(c2cccs2)CCCCC1)C(=O)N(C)C. The zero-order valence-corrected chi connectivity index (χ0v) is 13.8. The standard InChI is InChI=1S/C16H24N2O2S/c1-12(14(19)18(2)3)17-15(20)16(9-5-4-6-10-16)13-8-7-11-21-13/h7-8,11-12H,4-6,9-10H2,1-3H3,(H,17,20)/t12-/m0/s1. The molecule has 1 aromatic rings. The maximum Gasteiger partial charge on any atom is 0.244 e. The van der Waals surface area contributed by atoms with Crippen LogP contribution in [0.15, 0.2) is 17.5 Å². The lowest BCUT2D eigenvalue weighted by Gasteiger charge is -2.36. The molecule has 0 spiro atoms. The summed E-state index contributed by atoms with van der Waals surface area (Å²) in [7, 11) is 3.42. The quantitative estimate of drug-likeness (QED) is 0.929. The summed E-state index contributed by atoms with van der Waals surface area (Å²) in [6.07, 6.45) is 5.08. The zero-order valence-electron chi connectivity index (χ0n) is 13.0. The molecule has 21 heavy (non-hydrogen) atoms. The molecular weight excluding hydrogens is 284 g/mol. The molecule has 1 saturated carbocycles. The van der Waals surface area contributed by atoms with Crippen molar-refractivity contribution in [3.8, 4) is 0 Å². The maximum absolute atomic E-state index is 12.9. The fraction of sp³-hybridized carbons (Fsp3) is 0.625. The van der Waals surface area contributed by atoms with Crippen LogP contribution in [0, 0.1) is 0 Å². The van der Waals surface area contributed by atoms with Gasteiger partial charge in [0.2, 0.25) is 11.8 Å². The van der Waals surface area contributed by atoms with Gasteiger partial charge in [-0.25, -0.2) is 0 Å². The number of carbonyl (C=O) groups excluding carboxylic acids is 2. The van der Waals surface area contributed by atoms with Gasteiger partial charge in [0.25, 0.3) is 0 Å². The Kier molecular flexibility index (Phi) is 5.04. The Balaban J connectivity index is 2.18. The van der Waals surface area contributed by atoms with Crippen LogP contribution >= 0.6 is 11.3 Å². The highest BCUT2D eigenvalue weighted by Crippen LogP contribution is 2.41. The van der Waals surface area contributed by atoms with E-state index in [1.54, 1.807) is 32.4 Å². The molecule has 1 aliphatic carbocycles. The summed E-state index contributed by atoms with van der Waals surface area (Å²) >= 11 is 1.64. The molecule has 1 heterocycles. The van der Waals surface area contributed by atoms with Crippen molar-refractivity contribution in [2.75, 3.05) is 14.1 Å². The third kappa shape index (κ3) is 3.28. The largest absolute Gasteiger partial charge is 0.347 e. The van der Waals surface area contributed by atoms with Crippen molar-refractivity contribution in [3.63, 3.8) is 0 Å². The van der Waals surface area contributed by atoms with E-state index < -0.39 is 11.5 Å². The van der Waals surface area contributed by atoms with Crippen LogP contribution in [0.1, 0.15) is 43.9 Å². The molecule has 116 valence electrons. The predicted molar refractivity (Wildman–Crippen MR) is 85.4 cm³/mol. The van der Waals surface area contributed by atoms with Crippen LogP contribution in [0.4, 0.5) is 0 Å². The summed E-state index contributed by atoms with van der Waals surface area (Å²) in [5.74, 6) is -0.0622. The van der Waals surface area contributed by atoms with Gasteiger partial charge in [-0.15, -0.1) is 11.3 Å². The first-order valence-electron chi connectivity index (χ1n) is 7.53. The Bertz CT molecular complexity index is 490. The average Bonchev–Trinajstić information content (AvgIpc) is 3.01. The van der Waals surface area contributed by atoms with Crippen LogP contribution in [0.5, 0.6) is 0 Å². The summed E-state index contributed by atoms with van der Waals surface area (Å²) in [4.78, 5) is 27.5. The molecule has 1 N–H and O–H groups in total. The topological polar surface area (TPSA) is 49.4 Å². The lowest BCUT2D eigenvalue weighted by atomic mass is 9.72. The van der Waals surface area contributed by atoms with Crippen molar-refractivity contribution >= 4 is 23.2 Å². The van der Waals surface area contributed by atoms with Gasteiger partial charge in [-0.1, -0.05) is 25.3 Å². The van der Waals surface area contributed by atoms with Gasteiger partial charge >= 0.3 is 0 Å². The van der Waals surface area contributed by atoms with Crippen LogP contribution in [-0.2, 0) is 15.0 Å². The molecule has 0 radical (unpaired) electrons. The second kappa shape index (κ2) is 6.60. The normalized spacial score (nSPS) is 18.8.